The molecule has 7 atom stereocenters. The summed E-state index contributed by atoms with van der Waals surface area (Å²) in [6.45, 7) is 11.9. The number of fused-ring (bicyclic) bond motifs is 5. The summed E-state index contributed by atoms with van der Waals surface area (Å²) in [6, 6.07) is 26.6. The lowest BCUT2D eigenvalue weighted by molar-refractivity contribution is -0.120. The average molecular weight is 939 g/mol. The zero-order valence-electron chi connectivity index (χ0n) is 37.2. The number of hydrogen-bond acceptors (Lipinski definition) is 2. The molecule has 6 rings (SSSR count). The molecule has 60 heavy (non-hydrogen) atoms. The van der Waals surface area contributed by atoms with Crippen LogP contribution in [0.15, 0.2) is 91.7 Å². The van der Waals surface area contributed by atoms with Crippen LogP contribution in [0.5, 0.6) is 0 Å². The summed E-state index contributed by atoms with van der Waals surface area (Å²) < 4.78 is 2.25. The first-order valence-electron chi connectivity index (χ1n) is 23.7. The second kappa shape index (κ2) is 22.9. The van der Waals surface area contributed by atoms with Gasteiger partial charge in [0.2, 0.25) is 0 Å². The lowest BCUT2D eigenvalue weighted by atomic mass is 9.69. The van der Waals surface area contributed by atoms with Gasteiger partial charge in [0.1, 0.15) is 0 Å². The maximum Gasteiger partial charge on any atom is 0.254 e. The molecule has 0 aromatic heterocycles. The normalized spacial score (nSPS) is 17.8. The molecule has 4 nitrogen and oxygen atoms in total. The summed E-state index contributed by atoms with van der Waals surface area (Å²) in [7, 11) is 0. The lowest BCUT2D eigenvalue weighted by Gasteiger charge is -2.34. The number of nitrogens with zero attached hydrogens (tertiary/aromatic N) is 2. The van der Waals surface area contributed by atoms with Crippen molar-refractivity contribution < 1.29 is 9.59 Å². The third-order valence-electron chi connectivity index (χ3n) is 14.3. The molecule has 0 aliphatic carbocycles. The van der Waals surface area contributed by atoms with Crippen LogP contribution < -0.4 is 10.7 Å². The third-order valence-corrected chi connectivity index (χ3v) is 15.3. The van der Waals surface area contributed by atoms with Gasteiger partial charge in [-0.3, -0.25) is 9.59 Å². The van der Waals surface area contributed by atoms with Crippen LogP contribution in [-0.4, -0.2) is 11.8 Å². The highest BCUT2D eigenvalue weighted by atomic mass is 79.9. The highest BCUT2D eigenvalue weighted by Gasteiger charge is 2.39. The van der Waals surface area contributed by atoms with Gasteiger partial charge in [0, 0.05) is 19.7 Å². The molecule has 322 valence electrons. The Morgan fingerprint density at radius 2 is 1.13 bits per heavy atom. The summed E-state index contributed by atoms with van der Waals surface area (Å²) in [5.74, 6) is 2.29. The maximum atomic E-state index is 14.5. The quantitative estimate of drug-likeness (QED) is 0.0622. The number of unbranched alkanes of at least 4 members (excludes halogenated alkanes) is 7. The molecule has 2 amide bonds. The highest BCUT2D eigenvalue weighted by Crippen LogP contribution is 2.45. The van der Waals surface area contributed by atoms with Gasteiger partial charge in [0.15, 0.2) is 0 Å². The van der Waals surface area contributed by atoms with E-state index in [1.807, 2.05) is 6.07 Å². The van der Waals surface area contributed by atoms with E-state index in [4.69, 9.17) is 4.99 Å². The topological polar surface area (TPSA) is 58.9 Å². The predicted octanol–water partition coefficient (Wildman–Crippen LogP) is 15.1. The summed E-state index contributed by atoms with van der Waals surface area (Å²) in [4.78, 5) is 36.0. The SMILES string of the molecule is CCCCCCC(C)C(CCC(CC(C(C)CCCCCC)C1C(=O)N=c2c1ccc1c3c(ccc21)CC(=O)N=3)c1ccc(Br)cc1)CC(CCCC)c1ccc(Br)cc1. The Bertz CT molecular complexity index is 2150. The van der Waals surface area contributed by atoms with E-state index in [9.17, 15) is 9.59 Å². The first-order chi connectivity index (χ1) is 29.1. The van der Waals surface area contributed by atoms with Crippen molar-refractivity contribution in [3.8, 4) is 0 Å². The van der Waals surface area contributed by atoms with Gasteiger partial charge >= 0.3 is 0 Å². The van der Waals surface area contributed by atoms with Gasteiger partial charge < -0.3 is 0 Å². The number of hydrogen-bond donors (Lipinski definition) is 0. The zero-order valence-corrected chi connectivity index (χ0v) is 40.3. The Balaban J connectivity index is 1.34. The summed E-state index contributed by atoms with van der Waals surface area (Å²) >= 11 is 7.43. The van der Waals surface area contributed by atoms with E-state index in [1.54, 1.807) is 0 Å². The molecule has 6 heteroatoms. The fourth-order valence-electron chi connectivity index (χ4n) is 10.6. The molecule has 4 aromatic carbocycles. The number of halogens is 2. The van der Waals surface area contributed by atoms with Crippen molar-refractivity contribution in [3.63, 3.8) is 0 Å². The summed E-state index contributed by atoms with van der Waals surface area (Å²) in [5.41, 5.74) is 4.89. The van der Waals surface area contributed by atoms with Crippen LogP contribution >= 0.6 is 31.9 Å². The number of rotatable bonds is 25. The third kappa shape index (κ3) is 11.9. The molecular formula is C54H70Br2N2O2. The Morgan fingerprint density at radius 1 is 0.567 bits per heavy atom. The van der Waals surface area contributed by atoms with Crippen molar-refractivity contribution in [2.24, 2.45) is 33.7 Å². The second-order valence-electron chi connectivity index (χ2n) is 18.5. The molecule has 7 unspecified atom stereocenters. The smallest absolute Gasteiger partial charge is 0.254 e. The standard InChI is InChI=1S/C54H70Br2N2O2/c1-6-9-12-14-16-36(4)40(33-41(18-11-8-3)38-21-26-44(55)27-22-38)19-20-42(39-23-28-45(56)29-24-39)34-49(37(5)17-15-13-10-7-2)51-48-32-31-46-47(53(48)58-54(51)60)30-25-43-35-50(59)57-52(43)46/h21-32,36-37,40-42,49,51H,6-20,33-35H2,1-5H3. The largest absolute Gasteiger partial charge is 0.272 e. The molecule has 2 aliphatic rings. The molecule has 0 bridgehead atoms. The van der Waals surface area contributed by atoms with E-state index in [0.717, 1.165) is 60.8 Å². The van der Waals surface area contributed by atoms with E-state index in [-0.39, 0.29) is 23.7 Å². The number of amides is 2. The first-order valence-corrected chi connectivity index (χ1v) is 25.3. The van der Waals surface area contributed by atoms with Crippen LogP contribution in [0.4, 0.5) is 0 Å². The van der Waals surface area contributed by atoms with E-state index >= 15 is 0 Å². The van der Waals surface area contributed by atoms with Crippen LogP contribution in [0.2, 0.25) is 0 Å². The van der Waals surface area contributed by atoms with Gasteiger partial charge in [-0.15, -0.1) is 0 Å². The Morgan fingerprint density at radius 3 is 1.75 bits per heavy atom. The lowest BCUT2D eigenvalue weighted by Crippen LogP contribution is -2.28. The maximum absolute atomic E-state index is 14.5. The number of carbonyl (C=O) groups excluding carboxylic acids is 2. The van der Waals surface area contributed by atoms with Crippen molar-refractivity contribution >= 4 is 54.4 Å². The summed E-state index contributed by atoms with van der Waals surface area (Å²) in [6.07, 6.45) is 21.0. The van der Waals surface area contributed by atoms with Crippen molar-refractivity contribution in [2.75, 3.05) is 0 Å². The van der Waals surface area contributed by atoms with Gasteiger partial charge in [0.05, 0.1) is 23.1 Å². The minimum atomic E-state index is -0.278. The van der Waals surface area contributed by atoms with Crippen LogP contribution in [0.25, 0.3) is 10.8 Å². The van der Waals surface area contributed by atoms with Crippen LogP contribution in [0, 0.1) is 23.7 Å². The highest BCUT2D eigenvalue weighted by molar-refractivity contribution is 9.10. The molecule has 2 aliphatic heterocycles. The Kier molecular flexibility index (Phi) is 17.8. The van der Waals surface area contributed by atoms with Crippen LogP contribution in [0.1, 0.15) is 184 Å². The van der Waals surface area contributed by atoms with Crippen molar-refractivity contribution in [2.45, 2.75) is 168 Å². The molecular weight excluding hydrogens is 868 g/mol. The molecule has 0 saturated heterocycles. The Labute approximate surface area is 378 Å². The van der Waals surface area contributed by atoms with Gasteiger partial charge in [-0.2, -0.15) is 0 Å². The second-order valence-corrected chi connectivity index (χ2v) is 20.4. The monoisotopic (exact) mass is 936 g/mol. The predicted molar refractivity (Wildman–Crippen MR) is 257 cm³/mol. The van der Waals surface area contributed by atoms with Gasteiger partial charge in [-0.25, -0.2) is 9.98 Å². The first kappa shape index (κ1) is 46.5. The van der Waals surface area contributed by atoms with Crippen molar-refractivity contribution in [1.82, 2.24) is 0 Å². The van der Waals surface area contributed by atoms with Gasteiger partial charge in [-0.1, -0.05) is 192 Å². The number of carbonyl (C=O) groups is 2. The van der Waals surface area contributed by atoms with E-state index in [1.165, 1.54) is 101 Å². The molecule has 0 spiro atoms. The average Bonchev–Trinajstić information content (AvgIpc) is 3.80. The zero-order chi connectivity index (χ0) is 42.6. The van der Waals surface area contributed by atoms with Crippen molar-refractivity contribution in [1.29, 1.82) is 0 Å². The van der Waals surface area contributed by atoms with Crippen molar-refractivity contribution in [3.05, 3.63) is 115 Å². The summed E-state index contributed by atoms with van der Waals surface area (Å²) in [5, 5.41) is 3.43. The molecule has 0 radical (unpaired) electrons. The molecule has 0 fully saturated rings. The van der Waals surface area contributed by atoms with Gasteiger partial charge in [-0.05, 0) is 114 Å². The molecule has 0 N–H and O–H groups in total. The van der Waals surface area contributed by atoms with E-state index < -0.39 is 0 Å². The van der Waals surface area contributed by atoms with Gasteiger partial charge in [0.25, 0.3) is 11.8 Å². The van der Waals surface area contributed by atoms with E-state index in [2.05, 4.69) is 138 Å². The molecule has 4 aromatic rings. The minimum Gasteiger partial charge on any atom is -0.272 e. The van der Waals surface area contributed by atoms with Crippen LogP contribution in [-0.2, 0) is 16.0 Å². The minimum absolute atomic E-state index is 0.00202. The Hall–Kier alpha value is -2.96. The molecule has 2 heterocycles. The molecule has 0 saturated carbocycles. The fourth-order valence-corrected chi connectivity index (χ4v) is 11.1. The van der Waals surface area contributed by atoms with E-state index in [0.29, 0.717) is 36.0 Å². The number of benzene rings is 4. The van der Waals surface area contributed by atoms with Crippen LogP contribution in [0.3, 0.4) is 0 Å². The fraction of sp³-hybridized carbons (Fsp3) is 0.556.